The normalized spacial score (nSPS) is 36.5. The van der Waals surface area contributed by atoms with E-state index < -0.39 is 0 Å². The Balaban J connectivity index is 1.85. The molecule has 0 spiro atoms. The fourth-order valence-corrected chi connectivity index (χ4v) is 4.80. The number of thioether (sulfide) groups is 1. The summed E-state index contributed by atoms with van der Waals surface area (Å²) in [5.41, 5.74) is 2.52. The largest absolute Gasteiger partial charge is 0.269 e. The summed E-state index contributed by atoms with van der Waals surface area (Å²) in [6.45, 7) is 8.33. The maximum Gasteiger partial charge on any atom is 0.0459 e. The minimum atomic E-state index is 0.661. The zero-order valence-corrected chi connectivity index (χ0v) is 12.1. The molecule has 2 bridgehead atoms. The number of hydrogen-bond donors (Lipinski definition) is 0. The Morgan fingerprint density at radius 1 is 1.35 bits per heavy atom. The van der Waals surface area contributed by atoms with Gasteiger partial charge in [-0.15, -0.1) is 11.8 Å². The summed E-state index contributed by atoms with van der Waals surface area (Å²) >= 11 is 1.98. The maximum atomic E-state index is 4.10. The molecule has 0 radical (unpaired) electrons. The van der Waals surface area contributed by atoms with Crippen LogP contribution >= 0.6 is 11.8 Å². The molecule has 0 unspecified atom stereocenters. The average Bonchev–Trinajstić information content (AvgIpc) is 2.81. The summed E-state index contributed by atoms with van der Waals surface area (Å²) in [4.78, 5) is 4.10. The highest BCUT2D eigenvalue weighted by Gasteiger charge is 2.50. The van der Waals surface area contributed by atoms with Crippen molar-refractivity contribution in [2.24, 2.45) is 15.8 Å². The van der Waals surface area contributed by atoms with Gasteiger partial charge in [0.15, 0.2) is 0 Å². The van der Waals surface area contributed by atoms with Crippen LogP contribution < -0.4 is 0 Å². The summed E-state index contributed by atoms with van der Waals surface area (Å²) in [5, 5.41) is 2.25. The van der Waals surface area contributed by atoms with Gasteiger partial charge in [-0.25, -0.2) is 0 Å². The average molecular weight is 251 g/mol. The van der Waals surface area contributed by atoms with Crippen molar-refractivity contribution >= 4 is 18.5 Å². The first-order valence-corrected chi connectivity index (χ1v) is 7.94. The summed E-state index contributed by atoms with van der Waals surface area (Å²) in [7, 11) is 0. The lowest BCUT2D eigenvalue weighted by molar-refractivity contribution is 0.311. The second-order valence-electron chi connectivity index (χ2n) is 6.32. The van der Waals surface area contributed by atoms with Gasteiger partial charge < -0.3 is 0 Å². The Kier molecular flexibility index (Phi) is 4.02. The lowest BCUT2D eigenvalue weighted by Gasteiger charge is -2.25. The van der Waals surface area contributed by atoms with Crippen molar-refractivity contribution in [3.05, 3.63) is 11.1 Å². The molecule has 0 aromatic carbocycles. The molecule has 96 valence electrons. The second-order valence-corrected chi connectivity index (χ2v) is 7.17. The van der Waals surface area contributed by atoms with Gasteiger partial charge in [-0.1, -0.05) is 20.3 Å². The van der Waals surface area contributed by atoms with Crippen molar-refractivity contribution in [1.29, 1.82) is 0 Å². The molecule has 2 aliphatic rings. The number of aliphatic imine (C=N–C) groups is 1. The molecule has 17 heavy (non-hydrogen) atoms. The van der Waals surface area contributed by atoms with Gasteiger partial charge in [0.05, 0.1) is 0 Å². The van der Waals surface area contributed by atoms with Gasteiger partial charge in [0.25, 0.3) is 0 Å². The predicted molar refractivity (Wildman–Crippen MR) is 78.6 cm³/mol. The van der Waals surface area contributed by atoms with E-state index in [1.54, 1.807) is 0 Å². The minimum absolute atomic E-state index is 0.661. The van der Waals surface area contributed by atoms with Crippen LogP contribution in [0.4, 0.5) is 0 Å². The first-order chi connectivity index (χ1) is 8.11. The van der Waals surface area contributed by atoms with Crippen molar-refractivity contribution in [2.75, 3.05) is 5.75 Å². The molecule has 0 aliphatic heterocycles. The number of hydrogen-bond acceptors (Lipinski definition) is 2. The fraction of sp³-hybridized carbons (Fsp3) is 0.800. The lowest BCUT2D eigenvalue weighted by Crippen LogP contribution is -2.16. The van der Waals surface area contributed by atoms with Gasteiger partial charge in [-0.3, -0.25) is 4.99 Å². The topological polar surface area (TPSA) is 12.4 Å². The van der Waals surface area contributed by atoms with E-state index in [1.165, 1.54) is 43.6 Å². The smallest absolute Gasteiger partial charge is 0.0459 e. The molecule has 0 amide bonds. The Hall–Kier alpha value is -0.240. The lowest BCUT2D eigenvalue weighted by atomic mass is 9.84. The molecule has 0 aromatic rings. The maximum absolute atomic E-state index is 4.10. The Morgan fingerprint density at radius 3 is 2.53 bits per heavy atom. The van der Waals surface area contributed by atoms with Gasteiger partial charge in [0.2, 0.25) is 0 Å². The molecule has 2 fully saturated rings. The molecule has 0 aromatic heterocycles. The standard InChI is InChI=1S/C15H25NS/c1-4-5-13(16-3)10-17-12-15-8-6-14(2,11-15)7-9-15/h10H,3-9,11-12H2,1-2H3/b13-10-. The quantitative estimate of drug-likeness (QED) is 0.603. The van der Waals surface area contributed by atoms with E-state index in [1.807, 2.05) is 11.8 Å². The van der Waals surface area contributed by atoms with E-state index in [4.69, 9.17) is 0 Å². The van der Waals surface area contributed by atoms with Gasteiger partial charge in [0.1, 0.15) is 0 Å². The fourth-order valence-electron chi connectivity index (χ4n) is 3.58. The van der Waals surface area contributed by atoms with E-state index in [2.05, 4.69) is 31.0 Å². The number of nitrogens with zero attached hydrogens (tertiary/aromatic N) is 1. The third kappa shape index (κ3) is 2.96. The molecular weight excluding hydrogens is 226 g/mol. The van der Waals surface area contributed by atoms with Crippen molar-refractivity contribution in [2.45, 2.75) is 58.8 Å². The van der Waals surface area contributed by atoms with Crippen molar-refractivity contribution in [1.82, 2.24) is 0 Å². The van der Waals surface area contributed by atoms with Gasteiger partial charge >= 0.3 is 0 Å². The van der Waals surface area contributed by atoms with Crippen molar-refractivity contribution in [3.63, 3.8) is 0 Å². The first-order valence-electron chi connectivity index (χ1n) is 6.89. The molecule has 2 heteroatoms. The van der Waals surface area contributed by atoms with Crippen LogP contribution in [0.15, 0.2) is 16.1 Å². The first kappa shape index (κ1) is 13.2. The van der Waals surface area contributed by atoms with E-state index in [9.17, 15) is 0 Å². The zero-order valence-electron chi connectivity index (χ0n) is 11.3. The Bertz CT molecular complexity index is 311. The van der Waals surface area contributed by atoms with Crippen LogP contribution in [0.3, 0.4) is 0 Å². The van der Waals surface area contributed by atoms with E-state index in [-0.39, 0.29) is 0 Å². The van der Waals surface area contributed by atoms with Crippen molar-refractivity contribution < 1.29 is 0 Å². The highest BCUT2D eigenvalue weighted by Crippen LogP contribution is 2.62. The van der Waals surface area contributed by atoms with Crippen molar-refractivity contribution in [3.8, 4) is 0 Å². The second kappa shape index (κ2) is 5.17. The number of allylic oxidation sites excluding steroid dienone is 1. The Morgan fingerprint density at radius 2 is 2.06 bits per heavy atom. The number of fused-ring (bicyclic) bond motifs is 2. The van der Waals surface area contributed by atoms with E-state index in [0.29, 0.717) is 10.8 Å². The summed E-state index contributed by atoms with van der Waals surface area (Å²) < 4.78 is 0. The van der Waals surface area contributed by atoms with Gasteiger partial charge in [-0.05, 0) is 61.5 Å². The molecule has 0 heterocycles. The number of rotatable bonds is 6. The summed E-state index contributed by atoms with van der Waals surface area (Å²) in [6, 6.07) is 0. The van der Waals surface area contributed by atoms with E-state index in [0.717, 1.165) is 12.8 Å². The zero-order chi connectivity index (χ0) is 12.4. The van der Waals surface area contributed by atoms with Crippen LogP contribution in [0.1, 0.15) is 58.8 Å². The van der Waals surface area contributed by atoms with Crippen LogP contribution in [0.5, 0.6) is 0 Å². The molecule has 2 saturated carbocycles. The SMILES string of the molecule is C=N/C(=C\SCC12CCC(C)(CC1)C2)CCC. The van der Waals surface area contributed by atoms with Crippen LogP contribution in [0.2, 0.25) is 0 Å². The van der Waals surface area contributed by atoms with Crippen LogP contribution in [0.25, 0.3) is 0 Å². The van der Waals surface area contributed by atoms with Crippen LogP contribution in [-0.2, 0) is 0 Å². The Labute approximate surface area is 110 Å². The third-order valence-electron chi connectivity index (χ3n) is 4.64. The molecule has 2 rings (SSSR count). The van der Waals surface area contributed by atoms with Crippen LogP contribution in [-0.4, -0.2) is 12.5 Å². The third-order valence-corrected chi connectivity index (χ3v) is 5.86. The summed E-state index contributed by atoms with van der Waals surface area (Å²) in [5.74, 6) is 1.30. The molecule has 1 nitrogen and oxygen atoms in total. The van der Waals surface area contributed by atoms with Crippen LogP contribution in [0, 0.1) is 10.8 Å². The predicted octanol–water partition coefficient (Wildman–Crippen LogP) is 5.03. The van der Waals surface area contributed by atoms with E-state index >= 15 is 0 Å². The monoisotopic (exact) mass is 251 g/mol. The summed E-state index contributed by atoms with van der Waals surface area (Å²) in [6.07, 6.45) is 9.52. The minimum Gasteiger partial charge on any atom is -0.269 e. The highest BCUT2D eigenvalue weighted by molar-refractivity contribution is 8.02. The molecule has 2 aliphatic carbocycles. The van der Waals surface area contributed by atoms with Gasteiger partial charge in [-0.2, -0.15) is 0 Å². The molecule has 0 saturated heterocycles. The van der Waals surface area contributed by atoms with Gasteiger partial charge in [0, 0.05) is 11.4 Å². The molecule has 0 N–H and O–H groups in total. The molecular formula is C15H25NS. The molecule has 0 atom stereocenters. The highest BCUT2D eigenvalue weighted by atomic mass is 32.2.